The van der Waals surface area contributed by atoms with Gasteiger partial charge in [-0.15, -0.1) is 0 Å². The maximum Gasteiger partial charge on any atom is 0.416 e. The van der Waals surface area contributed by atoms with Crippen molar-refractivity contribution < 1.29 is 18.0 Å². The molecule has 7 heteroatoms. The fourth-order valence-electron chi connectivity index (χ4n) is 3.04. The number of amides is 1. The van der Waals surface area contributed by atoms with Crippen molar-refractivity contribution in [3.05, 3.63) is 59.4 Å². The van der Waals surface area contributed by atoms with Crippen molar-refractivity contribution in [3.63, 3.8) is 0 Å². The van der Waals surface area contributed by atoms with Gasteiger partial charge in [-0.05, 0) is 36.6 Å². The number of pyridine rings is 1. The van der Waals surface area contributed by atoms with E-state index < -0.39 is 11.7 Å². The Hall–Kier alpha value is -2.83. The zero-order chi connectivity index (χ0) is 20.5. The number of hydrogen-bond acceptors (Lipinski definition) is 2. The lowest BCUT2D eigenvalue weighted by molar-refractivity contribution is -0.137. The number of nitrogens with one attached hydrogen (secondary N) is 1. The van der Waals surface area contributed by atoms with E-state index in [0.29, 0.717) is 23.3 Å². The second-order valence-corrected chi connectivity index (χ2v) is 7.29. The smallest absolute Gasteiger partial charge is 0.350 e. The second kappa shape index (κ2) is 7.66. The fourth-order valence-corrected chi connectivity index (χ4v) is 3.04. The Labute approximate surface area is 161 Å². The molecule has 0 radical (unpaired) electrons. The molecule has 0 aliphatic carbocycles. The molecule has 0 atom stereocenters. The number of fused-ring (bicyclic) bond motifs is 1. The van der Waals surface area contributed by atoms with Crippen LogP contribution in [0, 0.1) is 12.8 Å². The van der Waals surface area contributed by atoms with Crippen LogP contribution in [-0.2, 0) is 17.5 Å². The molecule has 0 saturated carbocycles. The zero-order valence-corrected chi connectivity index (χ0v) is 16.0. The SMILES string of the molecule is Cc1ccc2nc(-c3ccc(C(F)(F)F)cc3)c(CNC(=O)CC(C)C)n2c1. The molecule has 0 aliphatic rings. The molecule has 2 aromatic heterocycles. The minimum absolute atomic E-state index is 0.0732. The van der Waals surface area contributed by atoms with Crippen molar-refractivity contribution in [3.8, 4) is 11.3 Å². The first-order chi connectivity index (χ1) is 13.1. The van der Waals surface area contributed by atoms with Crippen LogP contribution in [0.1, 0.15) is 37.1 Å². The van der Waals surface area contributed by atoms with Crippen LogP contribution in [0.3, 0.4) is 0 Å². The molecule has 28 heavy (non-hydrogen) atoms. The molecule has 1 aromatic carbocycles. The average molecular weight is 389 g/mol. The number of carbonyl (C=O) groups is 1. The van der Waals surface area contributed by atoms with Crippen LogP contribution >= 0.6 is 0 Å². The average Bonchev–Trinajstić information content (AvgIpc) is 2.96. The number of halogens is 3. The highest BCUT2D eigenvalue weighted by Gasteiger charge is 2.30. The number of hydrogen-bond donors (Lipinski definition) is 1. The number of alkyl halides is 3. The van der Waals surface area contributed by atoms with Gasteiger partial charge in [0.05, 0.1) is 23.5 Å². The zero-order valence-electron chi connectivity index (χ0n) is 16.0. The third-order valence-electron chi connectivity index (χ3n) is 4.40. The van der Waals surface area contributed by atoms with Gasteiger partial charge in [-0.25, -0.2) is 4.98 Å². The van der Waals surface area contributed by atoms with Crippen molar-refractivity contribution in [1.82, 2.24) is 14.7 Å². The van der Waals surface area contributed by atoms with E-state index in [4.69, 9.17) is 0 Å². The van der Waals surface area contributed by atoms with Crippen molar-refractivity contribution >= 4 is 11.6 Å². The summed E-state index contributed by atoms with van der Waals surface area (Å²) in [5, 5.41) is 2.89. The lowest BCUT2D eigenvalue weighted by atomic mass is 10.1. The van der Waals surface area contributed by atoms with Gasteiger partial charge in [-0.3, -0.25) is 4.79 Å². The molecule has 1 amide bonds. The molecule has 0 fully saturated rings. The first kappa shape index (κ1) is 19.9. The summed E-state index contributed by atoms with van der Waals surface area (Å²) in [6, 6.07) is 8.69. The van der Waals surface area contributed by atoms with Crippen molar-refractivity contribution in [2.45, 2.75) is 39.9 Å². The van der Waals surface area contributed by atoms with Crippen LogP contribution in [0.15, 0.2) is 42.6 Å². The molecule has 2 heterocycles. The minimum atomic E-state index is -4.39. The molecule has 1 N–H and O–H groups in total. The Bertz CT molecular complexity index is 989. The summed E-state index contributed by atoms with van der Waals surface area (Å²) in [6.45, 7) is 6.11. The van der Waals surface area contributed by atoms with Gasteiger partial charge < -0.3 is 9.72 Å². The van der Waals surface area contributed by atoms with Gasteiger partial charge in [0.15, 0.2) is 0 Å². The summed E-state index contributed by atoms with van der Waals surface area (Å²) < 4.78 is 40.5. The van der Waals surface area contributed by atoms with E-state index in [1.165, 1.54) is 12.1 Å². The summed E-state index contributed by atoms with van der Waals surface area (Å²) in [5.41, 5.74) is 2.84. The molecule has 0 bridgehead atoms. The van der Waals surface area contributed by atoms with Gasteiger partial charge in [0.1, 0.15) is 5.65 Å². The Kier molecular flexibility index (Phi) is 5.45. The Morgan fingerprint density at radius 2 is 1.82 bits per heavy atom. The van der Waals surface area contributed by atoms with Gasteiger partial charge in [-0.2, -0.15) is 13.2 Å². The van der Waals surface area contributed by atoms with Gasteiger partial charge >= 0.3 is 6.18 Å². The van der Waals surface area contributed by atoms with E-state index in [2.05, 4.69) is 10.3 Å². The molecular formula is C21H22F3N3O. The molecule has 3 aromatic rings. The topological polar surface area (TPSA) is 46.4 Å². The van der Waals surface area contributed by atoms with Crippen LogP contribution in [0.25, 0.3) is 16.9 Å². The number of benzene rings is 1. The predicted octanol–water partition coefficient (Wildman–Crippen LogP) is 4.99. The van der Waals surface area contributed by atoms with E-state index >= 15 is 0 Å². The van der Waals surface area contributed by atoms with Gasteiger partial charge in [0, 0.05) is 18.2 Å². The number of aromatic nitrogens is 2. The maximum atomic E-state index is 12.9. The number of imidazole rings is 1. The van der Waals surface area contributed by atoms with Crippen molar-refractivity contribution in [1.29, 1.82) is 0 Å². The molecule has 3 rings (SSSR count). The van der Waals surface area contributed by atoms with Gasteiger partial charge in [0.25, 0.3) is 0 Å². The quantitative estimate of drug-likeness (QED) is 0.668. The number of aryl methyl sites for hydroxylation is 1. The Balaban J connectivity index is 2.00. The summed E-state index contributed by atoms with van der Waals surface area (Å²) in [4.78, 5) is 16.7. The normalized spacial score (nSPS) is 12.0. The standard InChI is InChI=1S/C21H22F3N3O/c1-13(2)10-19(28)25-11-17-20(26-18-9-4-14(3)12-27(17)18)15-5-7-16(8-6-15)21(22,23)24/h4-9,12-13H,10-11H2,1-3H3,(H,25,28). The molecular weight excluding hydrogens is 367 g/mol. The first-order valence-corrected chi connectivity index (χ1v) is 9.07. The number of carbonyl (C=O) groups excluding carboxylic acids is 1. The van der Waals surface area contributed by atoms with Crippen LogP contribution in [0.2, 0.25) is 0 Å². The highest BCUT2D eigenvalue weighted by molar-refractivity contribution is 5.76. The monoisotopic (exact) mass is 389 g/mol. The van der Waals surface area contributed by atoms with Gasteiger partial charge in [-0.1, -0.05) is 32.0 Å². The lowest BCUT2D eigenvalue weighted by Crippen LogP contribution is -2.24. The van der Waals surface area contributed by atoms with E-state index in [-0.39, 0.29) is 18.4 Å². The highest BCUT2D eigenvalue weighted by Crippen LogP contribution is 2.32. The number of rotatable bonds is 5. The molecule has 148 valence electrons. The third-order valence-corrected chi connectivity index (χ3v) is 4.40. The molecule has 0 unspecified atom stereocenters. The number of nitrogens with zero attached hydrogens (tertiary/aromatic N) is 2. The van der Waals surface area contributed by atoms with Crippen molar-refractivity contribution in [2.75, 3.05) is 0 Å². The lowest BCUT2D eigenvalue weighted by Gasteiger charge is -2.10. The summed E-state index contributed by atoms with van der Waals surface area (Å²) in [7, 11) is 0. The van der Waals surface area contributed by atoms with Crippen LogP contribution in [0.5, 0.6) is 0 Å². The molecule has 0 spiro atoms. The second-order valence-electron chi connectivity index (χ2n) is 7.29. The van der Waals surface area contributed by atoms with E-state index in [0.717, 1.165) is 23.4 Å². The molecule has 0 aliphatic heterocycles. The van der Waals surface area contributed by atoms with E-state index in [1.54, 1.807) is 0 Å². The van der Waals surface area contributed by atoms with E-state index in [9.17, 15) is 18.0 Å². The largest absolute Gasteiger partial charge is 0.416 e. The fraction of sp³-hybridized carbons (Fsp3) is 0.333. The molecule has 0 saturated heterocycles. The Morgan fingerprint density at radius 1 is 1.14 bits per heavy atom. The van der Waals surface area contributed by atoms with Crippen LogP contribution < -0.4 is 5.32 Å². The Morgan fingerprint density at radius 3 is 2.43 bits per heavy atom. The summed E-state index contributed by atoms with van der Waals surface area (Å²) in [5.74, 6) is 0.162. The van der Waals surface area contributed by atoms with Crippen LogP contribution in [-0.4, -0.2) is 15.3 Å². The first-order valence-electron chi connectivity index (χ1n) is 9.07. The minimum Gasteiger partial charge on any atom is -0.350 e. The van der Waals surface area contributed by atoms with E-state index in [1.807, 2.05) is 43.5 Å². The summed E-state index contributed by atoms with van der Waals surface area (Å²) >= 11 is 0. The highest BCUT2D eigenvalue weighted by atomic mass is 19.4. The van der Waals surface area contributed by atoms with Gasteiger partial charge in [0.2, 0.25) is 5.91 Å². The molecule has 4 nitrogen and oxygen atoms in total. The maximum absolute atomic E-state index is 12.9. The predicted molar refractivity (Wildman–Crippen MR) is 102 cm³/mol. The van der Waals surface area contributed by atoms with Crippen LogP contribution in [0.4, 0.5) is 13.2 Å². The third kappa shape index (κ3) is 4.35. The summed E-state index contributed by atoms with van der Waals surface area (Å²) in [6.07, 6.45) is -2.08. The van der Waals surface area contributed by atoms with Crippen molar-refractivity contribution in [2.24, 2.45) is 5.92 Å².